The lowest BCUT2D eigenvalue weighted by molar-refractivity contribution is -0.115. The Labute approximate surface area is 158 Å². The molecular weight excluding hydrogens is 369 g/mol. The molecule has 1 aliphatic rings. The van der Waals surface area contributed by atoms with Crippen LogP contribution in [0.5, 0.6) is 0 Å². The molecule has 8 heteroatoms. The number of rotatable bonds is 5. The third kappa shape index (κ3) is 4.35. The standard InChI is InChI=1S/C19H22FN3O3S/c1-2-19(24)22-16-6-8-17(9-7-16)27(25,26)23-11-10-21-13-18(23)14-4-3-5-15(20)12-14/h3-9,12,18,21H,2,10-11,13H2,1H3,(H,22,24). The number of carbonyl (C=O) groups excluding carboxylic acids is 1. The fourth-order valence-electron chi connectivity index (χ4n) is 3.07. The third-order valence-corrected chi connectivity index (χ3v) is 6.42. The Morgan fingerprint density at radius 3 is 2.67 bits per heavy atom. The van der Waals surface area contributed by atoms with Crippen molar-refractivity contribution in [1.29, 1.82) is 0 Å². The third-order valence-electron chi connectivity index (χ3n) is 4.49. The number of anilines is 1. The predicted octanol–water partition coefficient (Wildman–Crippen LogP) is 2.51. The summed E-state index contributed by atoms with van der Waals surface area (Å²) in [7, 11) is -3.76. The molecule has 27 heavy (non-hydrogen) atoms. The molecule has 1 unspecified atom stereocenters. The van der Waals surface area contributed by atoms with Gasteiger partial charge in [0.25, 0.3) is 0 Å². The summed E-state index contributed by atoms with van der Waals surface area (Å²) < 4.78 is 41.3. The Kier molecular flexibility index (Phi) is 5.88. The van der Waals surface area contributed by atoms with Crippen LogP contribution in [0.25, 0.3) is 0 Å². The van der Waals surface area contributed by atoms with Crippen LogP contribution in [0.15, 0.2) is 53.4 Å². The molecular formula is C19H22FN3O3S. The average molecular weight is 391 g/mol. The molecule has 2 aromatic carbocycles. The monoisotopic (exact) mass is 391 g/mol. The number of carbonyl (C=O) groups is 1. The van der Waals surface area contributed by atoms with E-state index in [1.54, 1.807) is 31.2 Å². The summed E-state index contributed by atoms with van der Waals surface area (Å²) in [6, 6.07) is 11.6. The maximum absolute atomic E-state index is 13.6. The highest BCUT2D eigenvalue weighted by Crippen LogP contribution is 2.29. The van der Waals surface area contributed by atoms with Crippen molar-refractivity contribution in [1.82, 2.24) is 9.62 Å². The molecule has 0 bridgehead atoms. The number of hydrogen-bond donors (Lipinski definition) is 2. The lowest BCUT2D eigenvalue weighted by Gasteiger charge is -2.35. The minimum absolute atomic E-state index is 0.139. The zero-order chi connectivity index (χ0) is 19.4. The molecule has 0 aromatic heterocycles. The van der Waals surface area contributed by atoms with Gasteiger partial charge in [0, 0.05) is 31.7 Å². The molecule has 1 amide bonds. The minimum Gasteiger partial charge on any atom is -0.326 e. The Morgan fingerprint density at radius 2 is 2.00 bits per heavy atom. The molecule has 1 fully saturated rings. The van der Waals surface area contributed by atoms with Crippen LogP contribution < -0.4 is 10.6 Å². The van der Waals surface area contributed by atoms with Gasteiger partial charge in [0.15, 0.2) is 0 Å². The Morgan fingerprint density at radius 1 is 1.26 bits per heavy atom. The van der Waals surface area contributed by atoms with E-state index in [-0.39, 0.29) is 17.3 Å². The summed E-state index contributed by atoms with van der Waals surface area (Å²) in [5.41, 5.74) is 1.15. The van der Waals surface area contributed by atoms with Crippen molar-refractivity contribution < 1.29 is 17.6 Å². The zero-order valence-corrected chi connectivity index (χ0v) is 15.8. The number of halogens is 1. The van der Waals surface area contributed by atoms with E-state index in [0.29, 0.717) is 30.8 Å². The van der Waals surface area contributed by atoms with E-state index in [0.717, 1.165) is 0 Å². The van der Waals surface area contributed by atoms with Gasteiger partial charge in [0.05, 0.1) is 10.9 Å². The first-order valence-electron chi connectivity index (χ1n) is 8.79. The number of nitrogens with one attached hydrogen (secondary N) is 2. The fraction of sp³-hybridized carbons (Fsp3) is 0.316. The summed E-state index contributed by atoms with van der Waals surface area (Å²) in [5.74, 6) is -0.537. The van der Waals surface area contributed by atoms with Gasteiger partial charge in [-0.2, -0.15) is 4.31 Å². The summed E-state index contributed by atoms with van der Waals surface area (Å²) >= 11 is 0. The maximum Gasteiger partial charge on any atom is 0.243 e. The first kappa shape index (κ1) is 19.5. The Bertz CT molecular complexity index is 916. The molecule has 0 radical (unpaired) electrons. The normalized spacial score (nSPS) is 18.2. The largest absolute Gasteiger partial charge is 0.326 e. The molecule has 0 spiro atoms. The Hall–Kier alpha value is -2.29. The second-order valence-corrected chi connectivity index (χ2v) is 8.21. The number of piperazine rings is 1. The summed E-state index contributed by atoms with van der Waals surface area (Å²) in [6.45, 7) is 2.96. The first-order valence-corrected chi connectivity index (χ1v) is 10.2. The highest BCUT2D eigenvalue weighted by atomic mass is 32.2. The van der Waals surface area contributed by atoms with E-state index in [9.17, 15) is 17.6 Å². The van der Waals surface area contributed by atoms with Gasteiger partial charge in [0.2, 0.25) is 15.9 Å². The van der Waals surface area contributed by atoms with Gasteiger partial charge < -0.3 is 10.6 Å². The van der Waals surface area contributed by atoms with Gasteiger partial charge in [-0.3, -0.25) is 4.79 Å². The van der Waals surface area contributed by atoms with Gasteiger partial charge in [-0.25, -0.2) is 12.8 Å². The molecule has 0 aliphatic carbocycles. The molecule has 0 saturated carbocycles. The smallest absolute Gasteiger partial charge is 0.243 e. The van der Waals surface area contributed by atoms with Crippen LogP contribution in [0.1, 0.15) is 24.9 Å². The van der Waals surface area contributed by atoms with E-state index in [1.165, 1.54) is 28.6 Å². The van der Waals surface area contributed by atoms with E-state index in [4.69, 9.17) is 0 Å². The summed E-state index contributed by atoms with van der Waals surface area (Å²) in [5, 5.41) is 5.86. The van der Waals surface area contributed by atoms with E-state index in [1.807, 2.05) is 0 Å². The summed E-state index contributed by atoms with van der Waals surface area (Å²) in [6.07, 6.45) is 0.343. The first-order chi connectivity index (χ1) is 12.9. The lowest BCUT2D eigenvalue weighted by Crippen LogP contribution is -2.48. The molecule has 1 heterocycles. The van der Waals surface area contributed by atoms with Gasteiger partial charge >= 0.3 is 0 Å². The predicted molar refractivity (Wildman–Crippen MR) is 101 cm³/mol. The van der Waals surface area contributed by atoms with Crippen molar-refractivity contribution in [3.05, 3.63) is 59.9 Å². The van der Waals surface area contributed by atoms with Crippen LogP contribution in [-0.2, 0) is 14.8 Å². The second kappa shape index (κ2) is 8.16. The van der Waals surface area contributed by atoms with Crippen LogP contribution in [0.4, 0.5) is 10.1 Å². The SMILES string of the molecule is CCC(=O)Nc1ccc(S(=O)(=O)N2CCNCC2c2cccc(F)c2)cc1. The molecule has 3 rings (SSSR count). The maximum atomic E-state index is 13.6. The van der Waals surface area contributed by atoms with Crippen LogP contribution in [0.3, 0.4) is 0 Å². The van der Waals surface area contributed by atoms with Gasteiger partial charge in [-0.1, -0.05) is 19.1 Å². The number of benzene rings is 2. The minimum atomic E-state index is -3.76. The number of hydrogen-bond acceptors (Lipinski definition) is 4. The molecule has 2 aromatic rings. The van der Waals surface area contributed by atoms with E-state index in [2.05, 4.69) is 10.6 Å². The quantitative estimate of drug-likeness (QED) is 0.821. The van der Waals surface area contributed by atoms with Gasteiger partial charge in [0.1, 0.15) is 5.82 Å². The lowest BCUT2D eigenvalue weighted by atomic mass is 10.1. The number of sulfonamides is 1. The fourth-order valence-corrected chi connectivity index (χ4v) is 4.68. The van der Waals surface area contributed by atoms with Crippen molar-refractivity contribution in [2.75, 3.05) is 25.0 Å². The van der Waals surface area contributed by atoms with Gasteiger partial charge in [-0.15, -0.1) is 0 Å². The van der Waals surface area contributed by atoms with Crippen molar-refractivity contribution in [3.8, 4) is 0 Å². The topological polar surface area (TPSA) is 78.5 Å². The highest BCUT2D eigenvalue weighted by molar-refractivity contribution is 7.89. The van der Waals surface area contributed by atoms with Crippen molar-refractivity contribution in [2.24, 2.45) is 0 Å². The Balaban J connectivity index is 1.88. The van der Waals surface area contributed by atoms with Crippen LogP contribution in [0, 0.1) is 5.82 Å². The summed E-state index contributed by atoms with van der Waals surface area (Å²) in [4.78, 5) is 11.6. The molecule has 1 aliphatic heterocycles. The van der Waals surface area contributed by atoms with Crippen molar-refractivity contribution in [2.45, 2.75) is 24.3 Å². The molecule has 144 valence electrons. The average Bonchev–Trinajstić information content (AvgIpc) is 2.68. The molecule has 1 saturated heterocycles. The van der Waals surface area contributed by atoms with Crippen LogP contribution in [-0.4, -0.2) is 38.3 Å². The molecule has 2 N–H and O–H groups in total. The zero-order valence-electron chi connectivity index (χ0n) is 15.0. The molecule has 1 atom stereocenters. The van der Waals surface area contributed by atoms with E-state index < -0.39 is 21.9 Å². The van der Waals surface area contributed by atoms with Crippen LogP contribution in [0.2, 0.25) is 0 Å². The van der Waals surface area contributed by atoms with Crippen molar-refractivity contribution in [3.63, 3.8) is 0 Å². The van der Waals surface area contributed by atoms with Crippen molar-refractivity contribution >= 4 is 21.6 Å². The highest BCUT2D eigenvalue weighted by Gasteiger charge is 2.34. The van der Waals surface area contributed by atoms with E-state index >= 15 is 0 Å². The molecule has 6 nitrogen and oxygen atoms in total. The second-order valence-electron chi connectivity index (χ2n) is 6.32. The van der Waals surface area contributed by atoms with Gasteiger partial charge in [-0.05, 0) is 42.0 Å². The number of nitrogens with zero attached hydrogens (tertiary/aromatic N) is 1. The number of amides is 1. The van der Waals surface area contributed by atoms with Crippen LogP contribution >= 0.6 is 0 Å².